The second kappa shape index (κ2) is 8.14. The van der Waals surface area contributed by atoms with Crippen LogP contribution in [0.3, 0.4) is 0 Å². The maximum absolute atomic E-state index is 13.5. The van der Waals surface area contributed by atoms with Gasteiger partial charge in [-0.15, -0.1) is 0 Å². The second-order valence-electron chi connectivity index (χ2n) is 7.84. The first kappa shape index (κ1) is 19.3. The number of halogens is 1. The smallest absolute Gasteiger partial charge is 0.244 e. The summed E-state index contributed by atoms with van der Waals surface area (Å²) in [5, 5.41) is 4.42. The van der Waals surface area contributed by atoms with Gasteiger partial charge in [0, 0.05) is 11.6 Å². The first-order chi connectivity index (χ1) is 13.6. The number of rotatable bonds is 5. The van der Waals surface area contributed by atoms with Crippen molar-refractivity contribution in [1.29, 1.82) is 0 Å². The van der Waals surface area contributed by atoms with Crippen LogP contribution in [0.2, 0.25) is 5.02 Å². The Balaban J connectivity index is 1.56. The normalized spacial score (nSPS) is 21.3. The molecule has 28 heavy (non-hydrogen) atoms. The van der Waals surface area contributed by atoms with E-state index >= 15 is 0 Å². The van der Waals surface area contributed by atoms with Crippen LogP contribution >= 0.6 is 11.6 Å². The third-order valence-electron chi connectivity index (χ3n) is 6.09. The van der Waals surface area contributed by atoms with Gasteiger partial charge in [0.15, 0.2) is 0 Å². The minimum absolute atomic E-state index is 0.0962. The first-order valence-corrected chi connectivity index (χ1v) is 10.5. The van der Waals surface area contributed by atoms with Gasteiger partial charge in [-0.2, -0.15) is 0 Å². The lowest BCUT2D eigenvalue weighted by Gasteiger charge is -2.31. The maximum Gasteiger partial charge on any atom is 0.244 e. The van der Waals surface area contributed by atoms with Gasteiger partial charge in [0.2, 0.25) is 5.91 Å². The average Bonchev–Trinajstić information content (AvgIpc) is 2.99. The van der Waals surface area contributed by atoms with Crippen LogP contribution in [0.25, 0.3) is 0 Å². The molecule has 5 heteroatoms. The zero-order valence-electron chi connectivity index (χ0n) is 16.3. The summed E-state index contributed by atoms with van der Waals surface area (Å²) in [5.41, 5.74) is 1.89. The predicted molar refractivity (Wildman–Crippen MR) is 112 cm³/mol. The molecule has 1 unspecified atom stereocenters. The van der Waals surface area contributed by atoms with E-state index in [1.165, 1.54) is 12.0 Å². The van der Waals surface area contributed by atoms with Crippen molar-refractivity contribution in [1.82, 2.24) is 10.2 Å². The molecule has 2 aromatic rings. The highest BCUT2D eigenvalue weighted by Crippen LogP contribution is 2.40. The summed E-state index contributed by atoms with van der Waals surface area (Å²) in [6.07, 6.45) is 6.01. The van der Waals surface area contributed by atoms with Crippen LogP contribution in [0.4, 0.5) is 0 Å². The minimum Gasteiger partial charge on any atom is -0.497 e. The molecule has 1 aliphatic carbocycles. The van der Waals surface area contributed by atoms with Gasteiger partial charge in [0.05, 0.1) is 12.6 Å². The summed E-state index contributed by atoms with van der Waals surface area (Å²) in [6, 6.07) is 15.9. The zero-order chi connectivity index (χ0) is 19.6. The molecular weight excluding hydrogens is 372 g/mol. The van der Waals surface area contributed by atoms with Crippen molar-refractivity contribution >= 4 is 17.5 Å². The third kappa shape index (κ3) is 3.76. The van der Waals surface area contributed by atoms with Gasteiger partial charge in [-0.25, -0.2) is 0 Å². The molecule has 4 rings (SSSR count). The van der Waals surface area contributed by atoms with Crippen molar-refractivity contribution in [2.24, 2.45) is 0 Å². The highest BCUT2D eigenvalue weighted by Gasteiger charge is 2.51. The number of carbonyl (C=O) groups excluding carboxylic acids is 1. The Kier molecular flexibility index (Phi) is 5.61. The van der Waals surface area contributed by atoms with Crippen LogP contribution in [-0.4, -0.2) is 30.0 Å². The molecule has 2 aliphatic rings. The molecule has 1 aliphatic heterocycles. The van der Waals surface area contributed by atoms with Gasteiger partial charge < -0.3 is 9.64 Å². The van der Waals surface area contributed by atoms with Crippen molar-refractivity contribution in [2.45, 2.75) is 50.2 Å². The SMILES string of the molecule is COc1ccc(CCN2C(=O)C3(CCCCC3)NC2c2ccc(Cl)cc2)cc1. The number of methoxy groups -OCH3 is 1. The van der Waals surface area contributed by atoms with Crippen molar-refractivity contribution in [3.63, 3.8) is 0 Å². The number of benzene rings is 2. The van der Waals surface area contributed by atoms with E-state index in [0.717, 1.165) is 43.4 Å². The summed E-state index contributed by atoms with van der Waals surface area (Å²) in [7, 11) is 1.67. The lowest BCUT2D eigenvalue weighted by Crippen LogP contribution is -2.48. The monoisotopic (exact) mass is 398 g/mol. The van der Waals surface area contributed by atoms with Crippen LogP contribution in [0.15, 0.2) is 48.5 Å². The largest absolute Gasteiger partial charge is 0.497 e. The van der Waals surface area contributed by atoms with E-state index < -0.39 is 5.54 Å². The molecule has 1 amide bonds. The average molecular weight is 399 g/mol. The molecule has 1 atom stereocenters. The Morgan fingerprint density at radius 2 is 1.75 bits per heavy atom. The minimum atomic E-state index is -0.400. The zero-order valence-corrected chi connectivity index (χ0v) is 17.0. The van der Waals surface area contributed by atoms with Crippen molar-refractivity contribution in [3.05, 3.63) is 64.7 Å². The van der Waals surface area contributed by atoms with E-state index in [4.69, 9.17) is 16.3 Å². The number of amides is 1. The molecule has 0 radical (unpaired) electrons. The molecule has 1 heterocycles. The topological polar surface area (TPSA) is 41.6 Å². The van der Waals surface area contributed by atoms with Crippen LogP contribution in [0.5, 0.6) is 5.75 Å². The fourth-order valence-electron chi connectivity index (χ4n) is 4.49. The summed E-state index contributed by atoms with van der Waals surface area (Å²) < 4.78 is 5.24. The second-order valence-corrected chi connectivity index (χ2v) is 8.27. The standard InChI is InChI=1S/C23H27ClN2O2/c1-28-20-11-5-17(6-12-20)13-16-26-21(18-7-9-19(24)10-8-18)25-23(22(26)27)14-3-2-4-15-23/h5-12,21,25H,2-4,13-16H2,1H3. The molecule has 1 N–H and O–H groups in total. The molecule has 148 valence electrons. The summed E-state index contributed by atoms with van der Waals surface area (Å²) in [5.74, 6) is 1.10. The van der Waals surface area contributed by atoms with E-state index in [2.05, 4.69) is 17.4 Å². The molecule has 1 saturated heterocycles. The maximum atomic E-state index is 13.5. The van der Waals surface area contributed by atoms with Crippen LogP contribution in [0.1, 0.15) is 49.4 Å². The van der Waals surface area contributed by atoms with Gasteiger partial charge in [0.1, 0.15) is 11.9 Å². The van der Waals surface area contributed by atoms with Gasteiger partial charge in [-0.05, 0) is 54.7 Å². The quantitative estimate of drug-likeness (QED) is 0.791. The third-order valence-corrected chi connectivity index (χ3v) is 6.34. The van der Waals surface area contributed by atoms with E-state index in [9.17, 15) is 4.79 Å². The van der Waals surface area contributed by atoms with E-state index in [1.54, 1.807) is 7.11 Å². The Hall–Kier alpha value is -2.04. The summed E-state index contributed by atoms with van der Waals surface area (Å²) in [6.45, 7) is 0.688. The Morgan fingerprint density at radius 1 is 1.07 bits per heavy atom. The first-order valence-electron chi connectivity index (χ1n) is 10.1. The highest BCUT2D eigenvalue weighted by atomic mass is 35.5. The lowest BCUT2D eigenvalue weighted by molar-refractivity contribution is -0.134. The number of hydrogen-bond acceptors (Lipinski definition) is 3. The van der Waals surface area contributed by atoms with Crippen LogP contribution in [-0.2, 0) is 11.2 Å². The number of ether oxygens (including phenoxy) is 1. The molecule has 1 saturated carbocycles. The molecule has 0 aromatic heterocycles. The number of nitrogens with one attached hydrogen (secondary N) is 1. The highest BCUT2D eigenvalue weighted by molar-refractivity contribution is 6.30. The summed E-state index contributed by atoms with van der Waals surface area (Å²) in [4.78, 5) is 15.5. The van der Waals surface area contributed by atoms with E-state index in [0.29, 0.717) is 11.6 Å². The molecule has 1 spiro atoms. The van der Waals surface area contributed by atoms with Gasteiger partial charge in [-0.1, -0.05) is 55.1 Å². The van der Waals surface area contributed by atoms with Gasteiger partial charge >= 0.3 is 0 Å². The lowest BCUT2D eigenvalue weighted by atomic mass is 9.81. The Labute approximate surface area is 171 Å². The number of carbonyl (C=O) groups is 1. The van der Waals surface area contributed by atoms with Crippen molar-refractivity contribution < 1.29 is 9.53 Å². The van der Waals surface area contributed by atoms with E-state index in [-0.39, 0.29) is 12.1 Å². The summed E-state index contributed by atoms with van der Waals surface area (Å²) >= 11 is 6.08. The predicted octanol–water partition coefficient (Wildman–Crippen LogP) is 4.72. The van der Waals surface area contributed by atoms with Crippen LogP contribution in [0, 0.1) is 0 Å². The van der Waals surface area contributed by atoms with Crippen molar-refractivity contribution in [3.8, 4) is 5.75 Å². The van der Waals surface area contributed by atoms with Crippen LogP contribution < -0.4 is 10.1 Å². The Bertz CT molecular complexity index is 814. The molecule has 2 fully saturated rings. The molecule has 2 aromatic carbocycles. The van der Waals surface area contributed by atoms with Crippen molar-refractivity contribution in [2.75, 3.05) is 13.7 Å². The molecule has 0 bridgehead atoms. The number of nitrogens with zero attached hydrogens (tertiary/aromatic N) is 1. The fraction of sp³-hybridized carbons (Fsp3) is 0.435. The molecular formula is C23H27ClN2O2. The Morgan fingerprint density at radius 3 is 2.39 bits per heavy atom. The number of hydrogen-bond donors (Lipinski definition) is 1. The van der Waals surface area contributed by atoms with Gasteiger partial charge in [-0.3, -0.25) is 10.1 Å². The fourth-order valence-corrected chi connectivity index (χ4v) is 4.61. The molecule has 4 nitrogen and oxygen atoms in total. The van der Waals surface area contributed by atoms with E-state index in [1.807, 2.05) is 41.3 Å². The van der Waals surface area contributed by atoms with Gasteiger partial charge in [0.25, 0.3) is 0 Å².